The molecule has 8 heteroatoms. The summed E-state index contributed by atoms with van der Waals surface area (Å²) < 4.78 is 9.71. The highest BCUT2D eigenvalue weighted by Crippen LogP contribution is 2.21. The molecule has 0 aliphatic heterocycles. The van der Waals surface area contributed by atoms with E-state index in [4.69, 9.17) is 21.1 Å². The van der Waals surface area contributed by atoms with Crippen molar-refractivity contribution in [2.45, 2.75) is 26.2 Å². The number of hydrogen-bond donors (Lipinski definition) is 2. The van der Waals surface area contributed by atoms with E-state index in [9.17, 15) is 19.5 Å². The summed E-state index contributed by atoms with van der Waals surface area (Å²) in [7, 11) is 0. The van der Waals surface area contributed by atoms with Crippen LogP contribution in [0.1, 0.15) is 31.7 Å². The van der Waals surface area contributed by atoms with Crippen molar-refractivity contribution in [2.24, 2.45) is 5.92 Å². The molecule has 25 heavy (non-hydrogen) atoms. The largest absolute Gasteiger partial charge is 0.481 e. The maximum atomic E-state index is 11.5. The number of halogens is 1. The number of carbonyl (C=O) groups is 3. The molecule has 0 spiro atoms. The van der Waals surface area contributed by atoms with Crippen LogP contribution < -0.4 is 5.32 Å². The van der Waals surface area contributed by atoms with Crippen molar-refractivity contribution in [1.82, 2.24) is 5.32 Å². The molecule has 0 aliphatic rings. The van der Waals surface area contributed by atoms with Gasteiger partial charge in [0, 0.05) is 11.6 Å². The van der Waals surface area contributed by atoms with Gasteiger partial charge in [-0.15, -0.1) is 0 Å². The third-order valence-corrected chi connectivity index (χ3v) is 3.56. The van der Waals surface area contributed by atoms with E-state index in [1.165, 1.54) is 0 Å². The molecule has 138 valence electrons. The van der Waals surface area contributed by atoms with E-state index in [2.05, 4.69) is 5.32 Å². The van der Waals surface area contributed by atoms with E-state index >= 15 is 0 Å². The number of amides is 1. The average molecular weight is 372 g/mol. The number of carbonyl (C=O) groups excluding carboxylic acids is 2. The van der Waals surface area contributed by atoms with Gasteiger partial charge in [-0.2, -0.15) is 0 Å². The Bertz CT molecular complexity index is 587. The smallest absolute Gasteiger partial charge is 0.407 e. The van der Waals surface area contributed by atoms with Gasteiger partial charge in [0.15, 0.2) is 0 Å². The SMILES string of the molecule is CC(C)C(=O)OCCOC(=O)NCCC(C(=O)O)c1ccc(Cl)cc1. The molecule has 1 amide bonds. The summed E-state index contributed by atoms with van der Waals surface area (Å²) in [5.41, 5.74) is 0.604. The van der Waals surface area contributed by atoms with Gasteiger partial charge in [0.05, 0.1) is 11.8 Å². The Morgan fingerprint density at radius 2 is 1.72 bits per heavy atom. The molecular weight excluding hydrogens is 350 g/mol. The zero-order valence-electron chi connectivity index (χ0n) is 14.2. The van der Waals surface area contributed by atoms with E-state index in [1.807, 2.05) is 0 Å². The zero-order valence-corrected chi connectivity index (χ0v) is 14.9. The van der Waals surface area contributed by atoms with Crippen molar-refractivity contribution in [3.63, 3.8) is 0 Å². The lowest BCUT2D eigenvalue weighted by Crippen LogP contribution is -2.29. The fourth-order valence-corrected chi connectivity index (χ4v) is 2.07. The highest BCUT2D eigenvalue weighted by molar-refractivity contribution is 6.30. The molecule has 1 aromatic carbocycles. The fraction of sp³-hybridized carbons (Fsp3) is 0.471. The summed E-state index contributed by atoms with van der Waals surface area (Å²) in [5.74, 6) is -2.35. The first-order valence-corrected chi connectivity index (χ1v) is 8.24. The van der Waals surface area contributed by atoms with Gasteiger partial charge in [0.2, 0.25) is 0 Å². The van der Waals surface area contributed by atoms with E-state index in [1.54, 1.807) is 38.1 Å². The maximum absolute atomic E-state index is 11.5. The van der Waals surface area contributed by atoms with Crippen molar-refractivity contribution in [2.75, 3.05) is 19.8 Å². The van der Waals surface area contributed by atoms with Crippen LogP contribution >= 0.6 is 11.6 Å². The van der Waals surface area contributed by atoms with Gasteiger partial charge in [0.1, 0.15) is 13.2 Å². The monoisotopic (exact) mass is 371 g/mol. The average Bonchev–Trinajstić information content (AvgIpc) is 2.56. The Labute approximate surface area is 151 Å². The van der Waals surface area contributed by atoms with Gasteiger partial charge in [-0.05, 0) is 24.1 Å². The van der Waals surface area contributed by atoms with Gasteiger partial charge < -0.3 is 19.9 Å². The summed E-state index contributed by atoms with van der Waals surface area (Å²) >= 11 is 5.79. The highest BCUT2D eigenvalue weighted by Gasteiger charge is 2.19. The molecule has 7 nitrogen and oxygen atoms in total. The van der Waals surface area contributed by atoms with Crippen molar-refractivity contribution >= 4 is 29.6 Å². The Morgan fingerprint density at radius 3 is 2.28 bits per heavy atom. The number of alkyl carbamates (subject to hydrolysis) is 1. The van der Waals surface area contributed by atoms with Crippen molar-refractivity contribution < 1.29 is 29.0 Å². The fourth-order valence-electron chi connectivity index (χ4n) is 1.94. The Morgan fingerprint density at radius 1 is 1.12 bits per heavy atom. The Balaban J connectivity index is 2.31. The minimum absolute atomic E-state index is 0.0209. The molecule has 0 saturated heterocycles. The number of nitrogens with one attached hydrogen (secondary N) is 1. The first-order chi connectivity index (χ1) is 11.8. The number of aliphatic carboxylic acids is 1. The van der Waals surface area contributed by atoms with Crippen LogP contribution in [0.3, 0.4) is 0 Å². The van der Waals surface area contributed by atoms with Crippen LogP contribution in [0.2, 0.25) is 5.02 Å². The summed E-state index contributed by atoms with van der Waals surface area (Å²) in [6.45, 7) is 3.45. The Hall–Kier alpha value is -2.28. The number of carboxylic acids is 1. The molecule has 1 rings (SSSR count). The molecule has 0 radical (unpaired) electrons. The topological polar surface area (TPSA) is 102 Å². The molecule has 0 saturated carbocycles. The molecule has 0 fully saturated rings. The molecular formula is C17H22ClNO6. The zero-order chi connectivity index (χ0) is 18.8. The minimum atomic E-state index is -0.988. The number of carboxylic acid groups (broad SMARTS) is 1. The van der Waals surface area contributed by atoms with Crippen LogP contribution in [0.5, 0.6) is 0 Å². The minimum Gasteiger partial charge on any atom is -0.481 e. The van der Waals surface area contributed by atoms with Crippen LogP contribution in [0.4, 0.5) is 4.79 Å². The predicted octanol–water partition coefficient (Wildman–Crippen LogP) is 2.82. The third-order valence-electron chi connectivity index (χ3n) is 3.31. The second kappa shape index (κ2) is 10.6. The second-order valence-electron chi connectivity index (χ2n) is 5.62. The summed E-state index contributed by atoms with van der Waals surface area (Å²) in [4.78, 5) is 34.1. The lowest BCUT2D eigenvalue weighted by Gasteiger charge is -2.13. The number of rotatable bonds is 9. The molecule has 0 aliphatic carbocycles. The van der Waals surface area contributed by atoms with Crippen molar-refractivity contribution in [1.29, 1.82) is 0 Å². The van der Waals surface area contributed by atoms with Gasteiger partial charge in [0.25, 0.3) is 0 Å². The first-order valence-electron chi connectivity index (χ1n) is 7.86. The van der Waals surface area contributed by atoms with Gasteiger partial charge in [-0.3, -0.25) is 9.59 Å². The summed E-state index contributed by atoms with van der Waals surface area (Å²) in [6.07, 6.45) is -0.491. The van der Waals surface area contributed by atoms with Crippen LogP contribution in [0.15, 0.2) is 24.3 Å². The van der Waals surface area contributed by atoms with E-state index in [-0.39, 0.29) is 38.1 Å². The van der Waals surface area contributed by atoms with E-state index in [0.717, 1.165) is 0 Å². The van der Waals surface area contributed by atoms with Crippen molar-refractivity contribution in [3.05, 3.63) is 34.9 Å². The molecule has 0 aromatic heterocycles. The molecule has 2 N–H and O–H groups in total. The number of ether oxygens (including phenoxy) is 2. The van der Waals surface area contributed by atoms with Gasteiger partial charge in [-0.25, -0.2) is 4.79 Å². The molecule has 0 bridgehead atoms. The first kappa shape index (κ1) is 20.8. The van der Waals surface area contributed by atoms with Crippen LogP contribution in [-0.4, -0.2) is 42.9 Å². The third kappa shape index (κ3) is 7.89. The lowest BCUT2D eigenvalue weighted by atomic mass is 9.96. The molecule has 1 atom stereocenters. The molecule has 0 heterocycles. The van der Waals surface area contributed by atoms with Crippen LogP contribution in [0, 0.1) is 5.92 Å². The molecule has 1 unspecified atom stereocenters. The quantitative estimate of drug-likeness (QED) is 0.511. The predicted molar refractivity (Wildman–Crippen MR) is 91.6 cm³/mol. The summed E-state index contributed by atoms with van der Waals surface area (Å²) in [6, 6.07) is 6.52. The second-order valence-corrected chi connectivity index (χ2v) is 6.05. The van der Waals surface area contributed by atoms with Gasteiger partial charge in [-0.1, -0.05) is 37.6 Å². The van der Waals surface area contributed by atoms with Crippen LogP contribution in [0.25, 0.3) is 0 Å². The number of esters is 1. The number of benzene rings is 1. The van der Waals surface area contributed by atoms with Crippen molar-refractivity contribution in [3.8, 4) is 0 Å². The van der Waals surface area contributed by atoms with Gasteiger partial charge >= 0.3 is 18.0 Å². The van der Waals surface area contributed by atoms with E-state index in [0.29, 0.717) is 10.6 Å². The lowest BCUT2D eigenvalue weighted by molar-refractivity contribution is -0.148. The normalized spacial score (nSPS) is 11.7. The highest BCUT2D eigenvalue weighted by atomic mass is 35.5. The van der Waals surface area contributed by atoms with E-state index < -0.39 is 18.0 Å². The number of hydrogen-bond acceptors (Lipinski definition) is 5. The Kier molecular flexibility index (Phi) is 8.77. The maximum Gasteiger partial charge on any atom is 0.407 e. The standard InChI is InChI=1S/C17H22ClNO6/c1-11(2)16(22)24-9-10-25-17(23)19-8-7-14(15(20)21)12-3-5-13(18)6-4-12/h3-6,11,14H,7-10H2,1-2H3,(H,19,23)(H,20,21). The molecule has 1 aromatic rings. The summed E-state index contributed by atoms with van der Waals surface area (Å²) in [5, 5.41) is 12.3. The van der Waals surface area contributed by atoms with Crippen LogP contribution in [-0.2, 0) is 19.1 Å².